The molecular formula is C11H14N4OS. The van der Waals surface area contributed by atoms with E-state index < -0.39 is 0 Å². The van der Waals surface area contributed by atoms with Crippen molar-refractivity contribution in [2.75, 3.05) is 18.5 Å². The standard InChI is InChI=1S/C11H14N4OS/c1-8-14-15-11(17-8)13-9-2-4-10(5-3-9)16-7-6-12/h2-5H,6-7,12H2,1H3,(H,13,15). The summed E-state index contributed by atoms with van der Waals surface area (Å²) in [5.74, 6) is 0.814. The van der Waals surface area contributed by atoms with Gasteiger partial charge in [0.1, 0.15) is 17.4 Å². The van der Waals surface area contributed by atoms with Gasteiger partial charge in [-0.3, -0.25) is 0 Å². The molecule has 0 saturated carbocycles. The predicted octanol–water partition coefficient (Wildman–Crippen LogP) is 1.93. The van der Waals surface area contributed by atoms with Gasteiger partial charge in [-0.1, -0.05) is 11.3 Å². The van der Waals surface area contributed by atoms with Crippen molar-refractivity contribution in [1.29, 1.82) is 0 Å². The summed E-state index contributed by atoms with van der Waals surface area (Å²) in [7, 11) is 0. The number of nitrogens with zero attached hydrogens (tertiary/aromatic N) is 2. The molecule has 0 aliphatic rings. The molecule has 1 aromatic heterocycles. The maximum atomic E-state index is 5.39. The van der Waals surface area contributed by atoms with E-state index in [1.165, 1.54) is 11.3 Å². The summed E-state index contributed by atoms with van der Waals surface area (Å²) in [5, 5.41) is 12.8. The van der Waals surface area contributed by atoms with Crippen LogP contribution in [0.2, 0.25) is 0 Å². The first-order valence-corrected chi connectivity index (χ1v) is 6.09. The molecule has 1 heterocycles. The summed E-state index contributed by atoms with van der Waals surface area (Å²) in [4.78, 5) is 0. The van der Waals surface area contributed by atoms with Crippen LogP contribution in [-0.2, 0) is 0 Å². The number of nitrogens with two attached hydrogens (primary N) is 1. The minimum Gasteiger partial charge on any atom is -0.492 e. The zero-order chi connectivity index (χ0) is 12.1. The SMILES string of the molecule is Cc1nnc(Nc2ccc(OCCN)cc2)s1. The summed E-state index contributed by atoms with van der Waals surface area (Å²) >= 11 is 1.52. The Kier molecular flexibility index (Phi) is 3.89. The van der Waals surface area contributed by atoms with Crippen LogP contribution in [0.3, 0.4) is 0 Å². The zero-order valence-electron chi connectivity index (χ0n) is 9.51. The van der Waals surface area contributed by atoms with Crippen LogP contribution in [-0.4, -0.2) is 23.3 Å². The molecule has 0 spiro atoms. The number of ether oxygens (including phenoxy) is 1. The van der Waals surface area contributed by atoms with Gasteiger partial charge in [-0.15, -0.1) is 10.2 Å². The van der Waals surface area contributed by atoms with Gasteiger partial charge in [-0.2, -0.15) is 0 Å². The van der Waals surface area contributed by atoms with Gasteiger partial charge >= 0.3 is 0 Å². The second-order valence-corrected chi connectivity index (χ2v) is 4.59. The Morgan fingerprint density at radius 2 is 2.06 bits per heavy atom. The van der Waals surface area contributed by atoms with E-state index >= 15 is 0 Å². The van der Waals surface area contributed by atoms with Crippen molar-refractivity contribution >= 4 is 22.2 Å². The van der Waals surface area contributed by atoms with Gasteiger partial charge in [0, 0.05) is 12.2 Å². The third-order valence-electron chi connectivity index (χ3n) is 2.02. The van der Waals surface area contributed by atoms with Gasteiger partial charge in [0.25, 0.3) is 0 Å². The summed E-state index contributed by atoms with van der Waals surface area (Å²) in [6, 6.07) is 7.66. The average Bonchev–Trinajstić information content (AvgIpc) is 2.74. The van der Waals surface area contributed by atoms with Crippen molar-refractivity contribution in [1.82, 2.24) is 10.2 Å². The first-order valence-electron chi connectivity index (χ1n) is 5.28. The van der Waals surface area contributed by atoms with E-state index in [0.29, 0.717) is 13.2 Å². The number of aromatic nitrogens is 2. The van der Waals surface area contributed by atoms with E-state index in [4.69, 9.17) is 10.5 Å². The minimum absolute atomic E-state index is 0.518. The first kappa shape index (κ1) is 11.8. The second kappa shape index (κ2) is 5.60. The highest BCUT2D eigenvalue weighted by molar-refractivity contribution is 7.15. The third-order valence-corrected chi connectivity index (χ3v) is 2.77. The molecule has 2 aromatic rings. The van der Waals surface area contributed by atoms with Crippen LogP contribution in [0.25, 0.3) is 0 Å². The number of hydrogen-bond donors (Lipinski definition) is 2. The van der Waals surface area contributed by atoms with Crippen molar-refractivity contribution in [3.8, 4) is 5.75 Å². The molecule has 0 amide bonds. The van der Waals surface area contributed by atoms with Crippen molar-refractivity contribution in [3.63, 3.8) is 0 Å². The number of rotatable bonds is 5. The van der Waals surface area contributed by atoms with Gasteiger partial charge in [0.2, 0.25) is 5.13 Å². The van der Waals surface area contributed by atoms with E-state index in [1.54, 1.807) is 0 Å². The molecule has 0 fully saturated rings. The Labute approximate surface area is 104 Å². The average molecular weight is 250 g/mol. The molecule has 17 heavy (non-hydrogen) atoms. The molecule has 0 bridgehead atoms. The predicted molar refractivity (Wildman–Crippen MR) is 68.9 cm³/mol. The summed E-state index contributed by atoms with van der Waals surface area (Å²) < 4.78 is 5.39. The van der Waals surface area contributed by atoms with Gasteiger partial charge < -0.3 is 15.8 Å². The molecule has 0 unspecified atom stereocenters. The molecule has 0 radical (unpaired) electrons. The van der Waals surface area contributed by atoms with Gasteiger partial charge in [0.05, 0.1) is 0 Å². The van der Waals surface area contributed by atoms with Crippen molar-refractivity contribution in [2.45, 2.75) is 6.92 Å². The number of benzene rings is 1. The molecule has 6 heteroatoms. The lowest BCUT2D eigenvalue weighted by atomic mass is 10.3. The van der Waals surface area contributed by atoms with Crippen molar-refractivity contribution in [2.24, 2.45) is 5.73 Å². The largest absolute Gasteiger partial charge is 0.492 e. The van der Waals surface area contributed by atoms with Crippen LogP contribution < -0.4 is 15.8 Å². The maximum Gasteiger partial charge on any atom is 0.210 e. The molecule has 0 aliphatic heterocycles. The Hall–Kier alpha value is -1.66. The number of anilines is 2. The van der Waals surface area contributed by atoms with Crippen molar-refractivity contribution < 1.29 is 4.74 Å². The first-order chi connectivity index (χ1) is 8.28. The lowest BCUT2D eigenvalue weighted by Gasteiger charge is -2.06. The topological polar surface area (TPSA) is 73.1 Å². The van der Waals surface area contributed by atoms with Crippen LogP contribution in [0.4, 0.5) is 10.8 Å². The highest BCUT2D eigenvalue weighted by Gasteiger charge is 2.00. The maximum absolute atomic E-state index is 5.39. The zero-order valence-corrected chi connectivity index (χ0v) is 10.3. The molecule has 0 saturated heterocycles. The fourth-order valence-electron chi connectivity index (χ4n) is 1.28. The van der Waals surface area contributed by atoms with E-state index in [2.05, 4.69) is 15.5 Å². The molecule has 1 aromatic carbocycles. The summed E-state index contributed by atoms with van der Waals surface area (Å²) in [5.41, 5.74) is 6.32. The fourth-order valence-corrected chi connectivity index (χ4v) is 1.89. The fraction of sp³-hybridized carbons (Fsp3) is 0.273. The number of hydrogen-bond acceptors (Lipinski definition) is 6. The smallest absolute Gasteiger partial charge is 0.210 e. The van der Waals surface area contributed by atoms with E-state index in [9.17, 15) is 0 Å². The Morgan fingerprint density at radius 1 is 1.29 bits per heavy atom. The van der Waals surface area contributed by atoms with Gasteiger partial charge in [0.15, 0.2) is 0 Å². The molecule has 5 nitrogen and oxygen atoms in total. The van der Waals surface area contributed by atoms with Gasteiger partial charge in [-0.05, 0) is 31.2 Å². The normalized spacial score (nSPS) is 10.2. The molecule has 0 aliphatic carbocycles. The Bertz CT molecular complexity index is 469. The van der Waals surface area contributed by atoms with Crippen LogP contribution in [0, 0.1) is 6.92 Å². The minimum atomic E-state index is 0.518. The van der Waals surface area contributed by atoms with Crippen LogP contribution >= 0.6 is 11.3 Å². The molecular weight excluding hydrogens is 236 g/mol. The van der Waals surface area contributed by atoms with E-state index in [0.717, 1.165) is 21.6 Å². The lowest BCUT2D eigenvalue weighted by Crippen LogP contribution is -2.10. The monoisotopic (exact) mass is 250 g/mol. The lowest BCUT2D eigenvalue weighted by molar-refractivity contribution is 0.328. The molecule has 0 atom stereocenters. The highest BCUT2D eigenvalue weighted by Crippen LogP contribution is 2.22. The van der Waals surface area contributed by atoms with Crippen LogP contribution in [0.5, 0.6) is 5.75 Å². The Morgan fingerprint density at radius 3 is 2.65 bits per heavy atom. The van der Waals surface area contributed by atoms with Gasteiger partial charge in [-0.25, -0.2) is 0 Å². The number of nitrogens with one attached hydrogen (secondary N) is 1. The van der Waals surface area contributed by atoms with Crippen LogP contribution in [0.1, 0.15) is 5.01 Å². The van der Waals surface area contributed by atoms with E-state index in [1.807, 2.05) is 31.2 Å². The van der Waals surface area contributed by atoms with Crippen molar-refractivity contribution in [3.05, 3.63) is 29.3 Å². The van der Waals surface area contributed by atoms with Crippen LogP contribution in [0.15, 0.2) is 24.3 Å². The quantitative estimate of drug-likeness (QED) is 0.848. The number of aryl methyl sites for hydroxylation is 1. The summed E-state index contributed by atoms with van der Waals surface area (Å²) in [6.45, 7) is 2.97. The second-order valence-electron chi connectivity index (χ2n) is 3.41. The Balaban J connectivity index is 1.98. The summed E-state index contributed by atoms with van der Waals surface area (Å²) in [6.07, 6.45) is 0. The molecule has 3 N–H and O–H groups in total. The third kappa shape index (κ3) is 3.40. The molecule has 2 rings (SSSR count). The molecule has 90 valence electrons. The highest BCUT2D eigenvalue weighted by atomic mass is 32.1. The van der Waals surface area contributed by atoms with E-state index in [-0.39, 0.29) is 0 Å².